The molecule has 0 aromatic heterocycles. The standard InChI is InChI=1S/C25H21BrN2O/c26-19-10-6-9-17(13-19)25-24-22(27-20-11-4-5-12-21(20)28-25)14-18(15-23(24)29)16-7-2-1-3-8-16/h1-13,18,25,27-28H,14-15H2. The first-order valence-corrected chi connectivity index (χ1v) is 10.7. The van der Waals surface area contributed by atoms with Crippen LogP contribution in [0.15, 0.2) is 94.6 Å². The third-order valence-electron chi connectivity index (χ3n) is 5.76. The molecule has 1 aliphatic carbocycles. The monoisotopic (exact) mass is 444 g/mol. The predicted octanol–water partition coefficient (Wildman–Crippen LogP) is 6.43. The highest BCUT2D eigenvalue weighted by atomic mass is 79.9. The van der Waals surface area contributed by atoms with Gasteiger partial charge in [0.05, 0.1) is 17.4 Å². The Morgan fingerprint density at radius 1 is 0.793 bits per heavy atom. The number of benzene rings is 3. The van der Waals surface area contributed by atoms with Crippen LogP contribution in [-0.2, 0) is 4.79 Å². The zero-order valence-electron chi connectivity index (χ0n) is 15.9. The minimum Gasteiger partial charge on any atom is -0.372 e. The molecule has 0 bridgehead atoms. The fourth-order valence-corrected chi connectivity index (χ4v) is 4.81. The molecule has 0 radical (unpaired) electrons. The molecular weight excluding hydrogens is 424 g/mol. The fourth-order valence-electron chi connectivity index (χ4n) is 4.39. The summed E-state index contributed by atoms with van der Waals surface area (Å²) in [5.74, 6) is 0.404. The lowest BCUT2D eigenvalue weighted by atomic mass is 9.78. The van der Waals surface area contributed by atoms with E-state index in [-0.39, 0.29) is 17.7 Å². The van der Waals surface area contributed by atoms with Crippen LogP contribution in [0.1, 0.15) is 35.9 Å². The van der Waals surface area contributed by atoms with Gasteiger partial charge in [-0.2, -0.15) is 0 Å². The van der Waals surface area contributed by atoms with E-state index >= 15 is 0 Å². The lowest BCUT2D eigenvalue weighted by Crippen LogP contribution is -2.26. The first-order valence-electron chi connectivity index (χ1n) is 9.88. The van der Waals surface area contributed by atoms with Crippen molar-refractivity contribution in [2.75, 3.05) is 10.6 Å². The number of anilines is 2. The summed E-state index contributed by atoms with van der Waals surface area (Å²) in [6, 6.07) is 26.5. The van der Waals surface area contributed by atoms with Crippen molar-refractivity contribution >= 4 is 33.1 Å². The van der Waals surface area contributed by atoms with Crippen LogP contribution < -0.4 is 10.6 Å². The van der Waals surface area contributed by atoms with Gasteiger partial charge >= 0.3 is 0 Å². The van der Waals surface area contributed by atoms with E-state index in [1.54, 1.807) is 0 Å². The normalized spacial score (nSPS) is 20.8. The molecule has 2 N–H and O–H groups in total. The molecule has 2 aliphatic rings. The van der Waals surface area contributed by atoms with Gasteiger partial charge in [0.25, 0.3) is 0 Å². The van der Waals surface area contributed by atoms with Crippen LogP contribution in [0.5, 0.6) is 0 Å². The third-order valence-corrected chi connectivity index (χ3v) is 6.26. The Labute approximate surface area is 179 Å². The lowest BCUT2D eigenvalue weighted by molar-refractivity contribution is -0.116. The largest absolute Gasteiger partial charge is 0.372 e. The number of rotatable bonds is 2. The van der Waals surface area contributed by atoms with Gasteiger partial charge in [-0.3, -0.25) is 4.79 Å². The molecule has 4 heteroatoms. The summed E-state index contributed by atoms with van der Waals surface area (Å²) in [7, 11) is 0. The Bertz CT molecular complexity index is 1110. The molecule has 0 saturated carbocycles. The number of carbonyl (C=O) groups is 1. The van der Waals surface area contributed by atoms with Gasteiger partial charge in [-0.05, 0) is 47.7 Å². The average molecular weight is 445 g/mol. The topological polar surface area (TPSA) is 41.1 Å². The Hall–Kier alpha value is -2.85. The van der Waals surface area contributed by atoms with E-state index < -0.39 is 0 Å². The van der Waals surface area contributed by atoms with Crippen LogP contribution in [-0.4, -0.2) is 5.78 Å². The molecular formula is C25H21BrN2O. The van der Waals surface area contributed by atoms with Crippen molar-refractivity contribution < 1.29 is 4.79 Å². The van der Waals surface area contributed by atoms with Crippen LogP contribution in [0.4, 0.5) is 11.4 Å². The maximum absolute atomic E-state index is 13.4. The number of fused-ring (bicyclic) bond motifs is 1. The third kappa shape index (κ3) is 3.49. The van der Waals surface area contributed by atoms with Crippen molar-refractivity contribution in [3.63, 3.8) is 0 Å². The first-order chi connectivity index (χ1) is 14.2. The van der Waals surface area contributed by atoms with Crippen LogP contribution in [0.2, 0.25) is 0 Å². The fraction of sp³-hybridized carbons (Fsp3) is 0.160. The maximum Gasteiger partial charge on any atom is 0.163 e. The molecule has 0 spiro atoms. The highest BCUT2D eigenvalue weighted by molar-refractivity contribution is 9.10. The van der Waals surface area contributed by atoms with Gasteiger partial charge in [-0.1, -0.05) is 70.5 Å². The summed E-state index contributed by atoms with van der Waals surface area (Å²) in [5, 5.41) is 7.22. The molecule has 2 atom stereocenters. The Kier molecular flexibility index (Phi) is 4.72. The quantitative estimate of drug-likeness (QED) is 0.478. The van der Waals surface area contributed by atoms with Gasteiger partial charge < -0.3 is 10.6 Å². The smallest absolute Gasteiger partial charge is 0.163 e. The zero-order valence-corrected chi connectivity index (χ0v) is 17.4. The molecule has 3 nitrogen and oxygen atoms in total. The summed E-state index contributed by atoms with van der Waals surface area (Å²) >= 11 is 3.58. The average Bonchev–Trinajstić information content (AvgIpc) is 2.91. The molecule has 0 fully saturated rings. The molecule has 2 unspecified atom stereocenters. The Balaban J connectivity index is 1.63. The van der Waals surface area contributed by atoms with Crippen molar-refractivity contribution in [2.24, 2.45) is 0 Å². The van der Waals surface area contributed by atoms with Crippen LogP contribution in [0.3, 0.4) is 0 Å². The van der Waals surface area contributed by atoms with Gasteiger partial charge in [-0.15, -0.1) is 0 Å². The summed E-state index contributed by atoms with van der Waals surface area (Å²) in [6.07, 6.45) is 1.36. The van der Waals surface area contributed by atoms with Crippen molar-refractivity contribution in [1.29, 1.82) is 0 Å². The number of para-hydroxylation sites is 2. The Morgan fingerprint density at radius 3 is 2.31 bits per heavy atom. The van der Waals surface area contributed by atoms with Crippen molar-refractivity contribution in [1.82, 2.24) is 0 Å². The Morgan fingerprint density at radius 2 is 1.52 bits per heavy atom. The van der Waals surface area contributed by atoms with Crippen molar-refractivity contribution in [3.05, 3.63) is 106 Å². The van der Waals surface area contributed by atoms with Gasteiger partial charge in [0.15, 0.2) is 5.78 Å². The number of allylic oxidation sites excluding steroid dienone is 1. The van der Waals surface area contributed by atoms with E-state index in [1.807, 2.05) is 42.5 Å². The molecule has 5 rings (SSSR count). The number of halogens is 1. The van der Waals surface area contributed by atoms with E-state index in [2.05, 4.69) is 63.0 Å². The number of Topliss-reactive ketones (excluding diaryl/α,β-unsaturated/α-hetero) is 1. The minimum absolute atomic E-state index is 0.178. The molecule has 3 aromatic carbocycles. The van der Waals surface area contributed by atoms with Crippen LogP contribution in [0, 0.1) is 0 Å². The van der Waals surface area contributed by atoms with E-state index in [0.29, 0.717) is 6.42 Å². The van der Waals surface area contributed by atoms with Crippen molar-refractivity contribution in [3.8, 4) is 0 Å². The summed E-state index contributed by atoms with van der Waals surface area (Å²) in [4.78, 5) is 13.4. The molecule has 29 heavy (non-hydrogen) atoms. The molecule has 1 heterocycles. The maximum atomic E-state index is 13.4. The molecule has 0 saturated heterocycles. The molecule has 144 valence electrons. The van der Waals surface area contributed by atoms with E-state index in [0.717, 1.165) is 39.1 Å². The summed E-state index contributed by atoms with van der Waals surface area (Å²) in [6.45, 7) is 0. The van der Waals surface area contributed by atoms with Crippen LogP contribution in [0.25, 0.3) is 0 Å². The highest BCUT2D eigenvalue weighted by Gasteiger charge is 2.35. The summed E-state index contributed by atoms with van der Waals surface area (Å²) in [5.41, 5.74) is 6.20. The first kappa shape index (κ1) is 18.2. The number of carbonyl (C=O) groups excluding carboxylic acids is 1. The van der Waals surface area contributed by atoms with E-state index in [9.17, 15) is 4.79 Å². The predicted molar refractivity (Wildman–Crippen MR) is 121 cm³/mol. The van der Waals surface area contributed by atoms with Gasteiger partial charge in [0.2, 0.25) is 0 Å². The van der Waals surface area contributed by atoms with Gasteiger partial charge in [0, 0.05) is 22.2 Å². The SMILES string of the molecule is O=C1CC(c2ccccc2)CC2=C1C(c1cccc(Br)c1)Nc1ccccc1N2. The van der Waals surface area contributed by atoms with Gasteiger partial charge in [-0.25, -0.2) is 0 Å². The zero-order chi connectivity index (χ0) is 19.8. The second kappa shape index (κ2) is 7.53. The number of nitrogens with one attached hydrogen (secondary N) is 2. The minimum atomic E-state index is -0.178. The molecule has 1 aliphatic heterocycles. The number of ketones is 1. The van der Waals surface area contributed by atoms with Crippen LogP contribution >= 0.6 is 15.9 Å². The number of hydrogen-bond donors (Lipinski definition) is 2. The van der Waals surface area contributed by atoms with Crippen molar-refractivity contribution in [2.45, 2.75) is 24.8 Å². The lowest BCUT2D eigenvalue weighted by Gasteiger charge is -2.30. The molecule has 3 aromatic rings. The molecule has 0 amide bonds. The second-order valence-corrected chi connectivity index (χ2v) is 8.55. The second-order valence-electron chi connectivity index (χ2n) is 7.63. The van der Waals surface area contributed by atoms with E-state index in [1.165, 1.54) is 5.56 Å². The van der Waals surface area contributed by atoms with Gasteiger partial charge in [0.1, 0.15) is 0 Å². The highest BCUT2D eigenvalue weighted by Crippen LogP contribution is 2.44. The number of hydrogen-bond acceptors (Lipinski definition) is 3. The summed E-state index contributed by atoms with van der Waals surface area (Å²) < 4.78 is 1.01. The van der Waals surface area contributed by atoms with E-state index in [4.69, 9.17) is 0 Å².